The molecule has 1 amide bonds. The van der Waals surface area contributed by atoms with E-state index in [1.165, 1.54) is 5.56 Å². The second kappa shape index (κ2) is 8.80. The number of piperidine rings is 1. The van der Waals surface area contributed by atoms with Gasteiger partial charge in [-0.05, 0) is 43.7 Å². The minimum atomic E-state index is 0.0826. The van der Waals surface area contributed by atoms with Crippen LogP contribution in [0.15, 0.2) is 24.3 Å². The molecule has 3 saturated heterocycles. The third kappa shape index (κ3) is 4.85. The van der Waals surface area contributed by atoms with E-state index in [-0.39, 0.29) is 17.9 Å². The van der Waals surface area contributed by atoms with Crippen molar-refractivity contribution in [2.75, 3.05) is 59.2 Å². The fraction of sp³-hybridized carbons (Fsp3) is 0.682. The van der Waals surface area contributed by atoms with Crippen molar-refractivity contribution < 1.29 is 19.0 Å². The summed E-state index contributed by atoms with van der Waals surface area (Å²) < 4.78 is 17.2. The van der Waals surface area contributed by atoms with Crippen LogP contribution in [0.1, 0.15) is 24.8 Å². The summed E-state index contributed by atoms with van der Waals surface area (Å²) in [5.41, 5.74) is 1.44. The van der Waals surface area contributed by atoms with Gasteiger partial charge in [0.25, 0.3) is 5.91 Å². The summed E-state index contributed by atoms with van der Waals surface area (Å²) in [5, 5.41) is 0. The fourth-order valence-corrected chi connectivity index (χ4v) is 4.53. The smallest absolute Gasteiger partial charge is 0.260 e. The van der Waals surface area contributed by atoms with Crippen LogP contribution < -0.4 is 4.74 Å². The molecular formula is C22H32N2O4. The van der Waals surface area contributed by atoms with E-state index in [9.17, 15) is 4.79 Å². The number of aryl methyl sites for hydroxylation is 1. The van der Waals surface area contributed by atoms with Gasteiger partial charge in [-0.2, -0.15) is 0 Å². The van der Waals surface area contributed by atoms with Gasteiger partial charge in [0.1, 0.15) is 5.75 Å². The van der Waals surface area contributed by atoms with Crippen molar-refractivity contribution >= 4 is 5.91 Å². The second-order valence-electron chi connectivity index (χ2n) is 8.53. The molecule has 4 rings (SSSR count). The molecule has 0 N–H and O–H groups in total. The van der Waals surface area contributed by atoms with Gasteiger partial charge in [0, 0.05) is 32.7 Å². The van der Waals surface area contributed by atoms with Gasteiger partial charge in [-0.25, -0.2) is 0 Å². The van der Waals surface area contributed by atoms with Crippen LogP contribution in [0, 0.1) is 12.3 Å². The predicted molar refractivity (Wildman–Crippen MR) is 107 cm³/mol. The predicted octanol–water partition coefficient (Wildman–Crippen LogP) is 2.10. The number of hydrogen-bond donors (Lipinski definition) is 0. The zero-order valence-electron chi connectivity index (χ0n) is 16.9. The molecule has 1 spiro atoms. The number of nitrogens with zero attached hydrogens (tertiary/aromatic N) is 2. The Hall–Kier alpha value is -1.63. The lowest BCUT2D eigenvalue weighted by Gasteiger charge is -2.38. The first-order chi connectivity index (χ1) is 13.6. The maximum absolute atomic E-state index is 12.5. The molecule has 6 heteroatoms. The summed E-state index contributed by atoms with van der Waals surface area (Å²) in [6.45, 7) is 9.31. The van der Waals surface area contributed by atoms with Gasteiger partial charge in [0.2, 0.25) is 0 Å². The van der Waals surface area contributed by atoms with Gasteiger partial charge >= 0.3 is 0 Å². The lowest BCUT2D eigenvalue weighted by Crippen LogP contribution is -2.45. The molecule has 3 heterocycles. The van der Waals surface area contributed by atoms with Crippen molar-refractivity contribution in [1.82, 2.24) is 9.80 Å². The first-order valence-corrected chi connectivity index (χ1v) is 10.5. The number of benzene rings is 1. The summed E-state index contributed by atoms with van der Waals surface area (Å²) in [6, 6.07) is 7.83. The van der Waals surface area contributed by atoms with E-state index in [0.29, 0.717) is 6.10 Å². The maximum atomic E-state index is 12.5. The van der Waals surface area contributed by atoms with E-state index in [2.05, 4.69) is 4.90 Å². The quantitative estimate of drug-likeness (QED) is 0.773. The molecule has 28 heavy (non-hydrogen) atoms. The van der Waals surface area contributed by atoms with Crippen LogP contribution in [-0.2, 0) is 14.3 Å². The highest BCUT2D eigenvalue weighted by molar-refractivity contribution is 5.77. The Labute approximate surface area is 167 Å². The van der Waals surface area contributed by atoms with Gasteiger partial charge in [-0.1, -0.05) is 17.7 Å². The van der Waals surface area contributed by atoms with Crippen LogP contribution in [-0.4, -0.2) is 81.0 Å². The standard InChI is InChI=1S/C22H32N2O4/c1-18-2-4-19(5-3-18)27-16-21(25)24-8-6-22(7-9-24)14-20(28-17-22)15-23-10-12-26-13-11-23/h2-5,20H,6-17H2,1H3/t20-/m1/s1. The Morgan fingerprint density at radius 1 is 1.14 bits per heavy atom. The first kappa shape index (κ1) is 19.7. The van der Waals surface area contributed by atoms with Crippen molar-refractivity contribution in [3.8, 4) is 5.75 Å². The molecule has 0 bridgehead atoms. The maximum Gasteiger partial charge on any atom is 0.260 e. The van der Waals surface area contributed by atoms with Crippen LogP contribution in [0.3, 0.4) is 0 Å². The summed E-state index contributed by atoms with van der Waals surface area (Å²) in [5.74, 6) is 0.835. The van der Waals surface area contributed by atoms with Gasteiger partial charge < -0.3 is 19.1 Å². The summed E-state index contributed by atoms with van der Waals surface area (Å²) in [7, 11) is 0. The monoisotopic (exact) mass is 388 g/mol. The van der Waals surface area contributed by atoms with Gasteiger partial charge in [0.05, 0.1) is 25.9 Å². The third-order valence-corrected chi connectivity index (χ3v) is 6.41. The SMILES string of the molecule is Cc1ccc(OCC(=O)N2CCC3(CC2)CO[C@@H](CN2CCOCC2)C3)cc1. The average molecular weight is 389 g/mol. The number of morpholine rings is 1. The van der Waals surface area contributed by atoms with Crippen molar-refractivity contribution in [2.24, 2.45) is 5.41 Å². The normalized spacial score (nSPS) is 25.2. The van der Waals surface area contributed by atoms with Gasteiger partial charge in [0.15, 0.2) is 6.61 Å². The number of rotatable bonds is 5. The molecule has 154 valence electrons. The van der Waals surface area contributed by atoms with Crippen molar-refractivity contribution in [3.63, 3.8) is 0 Å². The summed E-state index contributed by atoms with van der Waals surface area (Å²) >= 11 is 0. The third-order valence-electron chi connectivity index (χ3n) is 6.41. The Morgan fingerprint density at radius 2 is 1.86 bits per heavy atom. The molecule has 0 aliphatic carbocycles. The van der Waals surface area contributed by atoms with Crippen molar-refractivity contribution in [1.29, 1.82) is 0 Å². The molecule has 3 fully saturated rings. The molecule has 1 atom stereocenters. The average Bonchev–Trinajstić information content (AvgIpc) is 3.10. The Morgan fingerprint density at radius 3 is 2.57 bits per heavy atom. The topological polar surface area (TPSA) is 51.2 Å². The number of likely N-dealkylation sites (tertiary alicyclic amines) is 1. The first-order valence-electron chi connectivity index (χ1n) is 10.5. The zero-order chi connectivity index (χ0) is 19.4. The minimum Gasteiger partial charge on any atom is -0.484 e. The van der Waals surface area contributed by atoms with Gasteiger partial charge in [-0.15, -0.1) is 0 Å². The zero-order valence-corrected chi connectivity index (χ0v) is 16.9. The van der Waals surface area contributed by atoms with E-state index >= 15 is 0 Å². The molecule has 6 nitrogen and oxygen atoms in total. The number of ether oxygens (including phenoxy) is 3. The van der Waals surface area contributed by atoms with Crippen LogP contribution in [0.25, 0.3) is 0 Å². The van der Waals surface area contributed by atoms with Crippen molar-refractivity contribution in [2.45, 2.75) is 32.3 Å². The van der Waals surface area contributed by atoms with Crippen LogP contribution in [0.2, 0.25) is 0 Å². The van der Waals surface area contributed by atoms with E-state index in [0.717, 1.165) is 77.6 Å². The molecule has 0 aromatic heterocycles. The highest BCUT2D eigenvalue weighted by Crippen LogP contribution is 2.42. The molecule has 1 aromatic rings. The largest absolute Gasteiger partial charge is 0.484 e. The van der Waals surface area contributed by atoms with E-state index in [4.69, 9.17) is 14.2 Å². The highest BCUT2D eigenvalue weighted by atomic mass is 16.5. The van der Waals surface area contributed by atoms with Gasteiger partial charge in [-0.3, -0.25) is 9.69 Å². The molecule has 3 aliphatic heterocycles. The van der Waals surface area contributed by atoms with Crippen LogP contribution in [0.5, 0.6) is 5.75 Å². The minimum absolute atomic E-state index is 0.0826. The molecule has 3 aliphatic rings. The van der Waals surface area contributed by atoms with E-state index < -0.39 is 0 Å². The Bertz CT molecular complexity index is 649. The van der Waals surface area contributed by atoms with Crippen LogP contribution >= 0.6 is 0 Å². The number of carbonyl (C=O) groups is 1. The molecule has 0 saturated carbocycles. The molecule has 0 radical (unpaired) electrons. The number of carbonyl (C=O) groups excluding carboxylic acids is 1. The van der Waals surface area contributed by atoms with Crippen molar-refractivity contribution in [3.05, 3.63) is 29.8 Å². The Balaban J connectivity index is 1.20. The molecular weight excluding hydrogens is 356 g/mol. The lowest BCUT2D eigenvalue weighted by atomic mass is 9.76. The highest BCUT2D eigenvalue weighted by Gasteiger charge is 2.43. The fourth-order valence-electron chi connectivity index (χ4n) is 4.53. The summed E-state index contributed by atoms with van der Waals surface area (Å²) in [4.78, 5) is 16.9. The molecule has 1 aromatic carbocycles. The number of amides is 1. The lowest BCUT2D eigenvalue weighted by molar-refractivity contribution is -0.135. The molecule has 0 unspecified atom stereocenters. The van der Waals surface area contributed by atoms with Crippen LogP contribution in [0.4, 0.5) is 0 Å². The van der Waals surface area contributed by atoms with E-state index in [1.807, 2.05) is 36.1 Å². The summed E-state index contributed by atoms with van der Waals surface area (Å²) in [6.07, 6.45) is 3.50. The Kier molecular flexibility index (Phi) is 6.19. The van der Waals surface area contributed by atoms with E-state index in [1.54, 1.807) is 0 Å². The number of hydrogen-bond acceptors (Lipinski definition) is 5. The second-order valence-corrected chi connectivity index (χ2v) is 8.53.